The highest BCUT2D eigenvalue weighted by Gasteiger charge is 2.36. The Kier molecular flexibility index (Phi) is 5.02. The second-order valence-electron chi connectivity index (χ2n) is 6.68. The number of hydrogen-bond donors (Lipinski definition) is 2. The molecule has 0 fully saturated rings. The molecule has 25 heavy (non-hydrogen) atoms. The zero-order valence-corrected chi connectivity index (χ0v) is 15.1. The highest BCUT2D eigenvalue weighted by atomic mass is 35.5. The molecule has 0 aromatic heterocycles. The molecule has 0 saturated carbocycles. The van der Waals surface area contributed by atoms with Gasteiger partial charge in [0.1, 0.15) is 11.4 Å². The Morgan fingerprint density at radius 1 is 1.32 bits per heavy atom. The van der Waals surface area contributed by atoms with Crippen molar-refractivity contribution in [3.63, 3.8) is 0 Å². The predicted octanol–water partition coefficient (Wildman–Crippen LogP) is 3.69. The summed E-state index contributed by atoms with van der Waals surface area (Å²) >= 11 is 6.03. The van der Waals surface area contributed by atoms with Crippen molar-refractivity contribution in [2.75, 3.05) is 6.54 Å². The van der Waals surface area contributed by atoms with E-state index in [1.165, 1.54) is 0 Å². The molecule has 2 aromatic carbocycles. The summed E-state index contributed by atoms with van der Waals surface area (Å²) in [7, 11) is 0. The van der Waals surface area contributed by atoms with Gasteiger partial charge in [-0.15, -0.1) is 0 Å². The molecule has 1 aliphatic rings. The van der Waals surface area contributed by atoms with Crippen molar-refractivity contribution in [2.24, 2.45) is 0 Å². The number of carbonyl (C=O) groups excluding carboxylic acids is 1. The highest BCUT2D eigenvalue weighted by Crippen LogP contribution is 2.36. The highest BCUT2D eigenvalue weighted by molar-refractivity contribution is 6.31. The topological polar surface area (TPSA) is 58.6 Å². The third kappa shape index (κ3) is 3.80. The molecule has 0 spiro atoms. The van der Waals surface area contributed by atoms with Crippen LogP contribution in [0.1, 0.15) is 41.8 Å². The Hall–Kier alpha value is -2.04. The number of amides is 1. The number of hydrogen-bond acceptors (Lipinski definition) is 3. The van der Waals surface area contributed by atoms with Gasteiger partial charge in [-0.3, -0.25) is 4.79 Å². The molecule has 132 valence electrons. The average Bonchev–Trinajstić information content (AvgIpc) is 2.92. The van der Waals surface area contributed by atoms with E-state index in [0.717, 1.165) is 17.5 Å². The fraction of sp³-hybridized carbons (Fsp3) is 0.350. The molecule has 0 radical (unpaired) electrons. The molecule has 1 aliphatic carbocycles. The molecule has 1 amide bonds. The van der Waals surface area contributed by atoms with Crippen LogP contribution >= 0.6 is 11.6 Å². The molecule has 5 heteroatoms. The van der Waals surface area contributed by atoms with Gasteiger partial charge in [-0.2, -0.15) is 0 Å². The number of carbonyl (C=O) groups is 1. The summed E-state index contributed by atoms with van der Waals surface area (Å²) in [4.78, 5) is 12.6. The lowest BCUT2D eigenvalue weighted by molar-refractivity contribution is 0.0368. The monoisotopic (exact) mass is 359 g/mol. The minimum Gasteiger partial charge on any atom is -0.490 e. The van der Waals surface area contributed by atoms with Crippen LogP contribution in [-0.2, 0) is 12.0 Å². The molecule has 0 unspecified atom stereocenters. The zero-order valence-electron chi connectivity index (χ0n) is 14.4. The lowest BCUT2D eigenvalue weighted by atomic mass is 9.96. The maximum atomic E-state index is 12.6. The molecule has 1 atom stereocenters. The van der Waals surface area contributed by atoms with Crippen LogP contribution in [0, 0.1) is 0 Å². The van der Waals surface area contributed by atoms with Gasteiger partial charge in [0.15, 0.2) is 0 Å². The maximum absolute atomic E-state index is 12.6. The van der Waals surface area contributed by atoms with Gasteiger partial charge < -0.3 is 15.2 Å². The molecule has 0 heterocycles. The first kappa shape index (κ1) is 17.8. The van der Waals surface area contributed by atoms with Crippen LogP contribution in [0.3, 0.4) is 0 Å². The Balaban J connectivity index is 1.77. The number of rotatable bonds is 5. The summed E-state index contributed by atoms with van der Waals surface area (Å²) in [6, 6.07) is 12.8. The molecule has 0 bridgehead atoms. The van der Waals surface area contributed by atoms with Crippen molar-refractivity contribution < 1.29 is 14.6 Å². The molecule has 2 aromatic rings. The van der Waals surface area contributed by atoms with Gasteiger partial charge in [-0.1, -0.05) is 35.9 Å². The van der Waals surface area contributed by atoms with Crippen LogP contribution in [-0.4, -0.2) is 23.7 Å². The van der Waals surface area contributed by atoms with Crippen molar-refractivity contribution in [1.29, 1.82) is 0 Å². The van der Waals surface area contributed by atoms with E-state index in [-0.39, 0.29) is 18.6 Å². The Bertz CT molecular complexity index is 790. The van der Waals surface area contributed by atoms with Crippen LogP contribution in [0.5, 0.6) is 5.75 Å². The summed E-state index contributed by atoms with van der Waals surface area (Å²) in [5.74, 6) is 0.173. The van der Waals surface area contributed by atoms with Gasteiger partial charge >= 0.3 is 0 Å². The lowest BCUT2D eigenvalue weighted by Crippen LogP contribution is -2.39. The van der Waals surface area contributed by atoms with Crippen molar-refractivity contribution in [2.45, 2.75) is 38.4 Å². The fourth-order valence-corrected chi connectivity index (χ4v) is 3.38. The first-order valence-corrected chi connectivity index (χ1v) is 8.82. The summed E-state index contributed by atoms with van der Waals surface area (Å²) in [6.07, 6.45) is 1.34. The first-order chi connectivity index (χ1) is 11.9. The molecule has 3 rings (SSSR count). The van der Waals surface area contributed by atoms with Gasteiger partial charge in [-0.05, 0) is 56.0 Å². The van der Waals surface area contributed by atoms with Crippen LogP contribution in [0.25, 0.3) is 0 Å². The Labute approximate surface area is 152 Å². The van der Waals surface area contributed by atoms with Crippen LogP contribution < -0.4 is 10.1 Å². The van der Waals surface area contributed by atoms with Gasteiger partial charge in [0, 0.05) is 5.02 Å². The predicted molar refractivity (Wildman–Crippen MR) is 98.2 cm³/mol. The van der Waals surface area contributed by atoms with E-state index in [0.29, 0.717) is 22.8 Å². The third-order valence-electron chi connectivity index (χ3n) is 4.42. The Morgan fingerprint density at radius 2 is 2.08 bits per heavy atom. The van der Waals surface area contributed by atoms with Gasteiger partial charge in [0.05, 0.1) is 18.2 Å². The van der Waals surface area contributed by atoms with Crippen molar-refractivity contribution >= 4 is 17.5 Å². The zero-order chi connectivity index (χ0) is 18.0. The van der Waals surface area contributed by atoms with Crippen molar-refractivity contribution in [1.82, 2.24) is 5.32 Å². The van der Waals surface area contributed by atoms with Gasteiger partial charge in [0.25, 0.3) is 5.91 Å². The summed E-state index contributed by atoms with van der Waals surface area (Å²) < 4.78 is 5.69. The van der Waals surface area contributed by atoms with Crippen LogP contribution in [0.4, 0.5) is 0 Å². The second-order valence-corrected chi connectivity index (χ2v) is 7.11. The molecule has 2 N–H and O–H groups in total. The summed E-state index contributed by atoms with van der Waals surface area (Å²) in [5, 5.41) is 14.2. The smallest absolute Gasteiger partial charge is 0.255 e. The largest absolute Gasteiger partial charge is 0.490 e. The third-order valence-corrected chi connectivity index (χ3v) is 4.65. The van der Waals surface area contributed by atoms with E-state index in [4.69, 9.17) is 16.3 Å². The second kappa shape index (κ2) is 7.06. The van der Waals surface area contributed by atoms with E-state index in [1.54, 1.807) is 18.2 Å². The maximum Gasteiger partial charge on any atom is 0.255 e. The number of aryl methyl sites for hydroxylation is 1. The van der Waals surface area contributed by atoms with Crippen LogP contribution in [0.15, 0.2) is 42.5 Å². The average molecular weight is 360 g/mol. The Morgan fingerprint density at radius 3 is 2.84 bits per heavy atom. The lowest BCUT2D eigenvalue weighted by Gasteiger charge is -2.25. The molecule has 4 nitrogen and oxygen atoms in total. The first-order valence-electron chi connectivity index (χ1n) is 8.44. The number of ether oxygens (including phenoxy) is 1. The van der Waals surface area contributed by atoms with E-state index < -0.39 is 5.60 Å². The SMILES string of the molecule is CC(C)Oc1ccc(Cl)cc1C(=O)NC[C@]1(O)CCc2ccccc21. The van der Waals surface area contributed by atoms with E-state index in [9.17, 15) is 9.90 Å². The van der Waals surface area contributed by atoms with Crippen LogP contribution in [0.2, 0.25) is 5.02 Å². The molecular formula is C20H22ClNO3. The standard InChI is InChI=1S/C20H22ClNO3/c1-13(2)25-18-8-7-15(21)11-16(18)19(23)22-12-20(24)10-9-14-5-3-4-6-17(14)20/h3-8,11,13,24H,9-10,12H2,1-2H3,(H,22,23)/t20-/m1/s1. The fourth-order valence-electron chi connectivity index (χ4n) is 3.21. The van der Waals surface area contributed by atoms with Gasteiger partial charge in [-0.25, -0.2) is 0 Å². The quantitative estimate of drug-likeness (QED) is 0.856. The molecular weight excluding hydrogens is 338 g/mol. The summed E-state index contributed by atoms with van der Waals surface area (Å²) in [5.41, 5.74) is 1.35. The van der Waals surface area contributed by atoms with Crippen molar-refractivity contribution in [3.05, 3.63) is 64.2 Å². The minimum absolute atomic E-state index is 0.0568. The van der Waals surface area contributed by atoms with Crippen molar-refractivity contribution in [3.8, 4) is 5.75 Å². The number of halogens is 1. The van der Waals surface area contributed by atoms with Gasteiger partial charge in [0.2, 0.25) is 0 Å². The molecule has 0 saturated heterocycles. The van der Waals surface area contributed by atoms with E-state index >= 15 is 0 Å². The number of fused-ring (bicyclic) bond motifs is 1. The summed E-state index contributed by atoms with van der Waals surface area (Å²) in [6.45, 7) is 3.94. The number of nitrogens with one attached hydrogen (secondary N) is 1. The normalized spacial score (nSPS) is 18.9. The van der Waals surface area contributed by atoms with E-state index in [1.807, 2.05) is 38.1 Å². The number of benzene rings is 2. The minimum atomic E-state index is -1.04. The van der Waals surface area contributed by atoms with E-state index in [2.05, 4.69) is 5.32 Å². The number of aliphatic hydroxyl groups is 1. The molecule has 0 aliphatic heterocycles.